The number of imide groups is 1. The van der Waals surface area contributed by atoms with Crippen LogP contribution in [0.5, 0.6) is 0 Å². The lowest BCUT2D eigenvalue weighted by atomic mass is 9.83. The summed E-state index contributed by atoms with van der Waals surface area (Å²) in [5, 5.41) is 2.70. The number of ketones is 2. The number of carbonyl (C=O) groups excluding carboxylic acids is 7. The molecule has 0 aliphatic carbocycles. The zero-order valence-corrected chi connectivity index (χ0v) is 45.6. The second-order valence-corrected chi connectivity index (χ2v) is 21.8. The van der Waals surface area contributed by atoms with E-state index in [2.05, 4.69) is 5.32 Å². The van der Waals surface area contributed by atoms with Crippen molar-refractivity contribution in [3.63, 3.8) is 0 Å². The highest BCUT2D eigenvalue weighted by molar-refractivity contribution is 7.92. The van der Waals surface area contributed by atoms with E-state index in [0.717, 1.165) is 4.90 Å². The summed E-state index contributed by atoms with van der Waals surface area (Å²) in [4.78, 5) is 97.9. The van der Waals surface area contributed by atoms with E-state index >= 15 is 0 Å². The van der Waals surface area contributed by atoms with Crippen LogP contribution in [0.4, 0.5) is 5.69 Å². The molecule has 1 N–H and O–H groups in total. The molecule has 2 aliphatic heterocycles. The fourth-order valence-corrected chi connectivity index (χ4v) is 11.0. The molecule has 0 spiro atoms. The number of methoxy groups -OCH3 is 2. The highest BCUT2D eigenvalue weighted by atomic mass is 32.2. The van der Waals surface area contributed by atoms with Gasteiger partial charge in [0, 0.05) is 63.9 Å². The second-order valence-electron chi connectivity index (χ2n) is 19.8. The summed E-state index contributed by atoms with van der Waals surface area (Å²) in [6.07, 6.45) is 2.90. The first kappa shape index (κ1) is 61.9. The van der Waals surface area contributed by atoms with Crippen LogP contribution in [0.1, 0.15) is 87.0 Å². The zero-order valence-electron chi connectivity index (χ0n) is 44.8. The highest BCUT2D eigenvalue weighted by Crippen LogP contribution is 2.32. The summed E-state index contributed by atoms with van der Waals surface area (Å²) in [7, 11) is 4.33. The number of benzene rings is 1. The second kappa shape index (κ2) is 30.1. The Bertz CT molecular complexity index is 2070. The Balaban J connectivity index is 1.54. The molecule has 406 valence electrons. The zero-order chi connectivity index (χ0) is 53.9. The predicted molar refractivity (Wildman–Crippen MR) is 271 cm³/mol. The number of likely N-dealkylation sites (N-methyl/N-ethyl adjacent to an activating group) is 2. The maximum absolute atomic E-state index is 14.4. The van der Waals surface area contributed by atoms with Crippen LogP contribution in [0.3, 0.4) is 0 Å². The Kier molecular flexibility index (Phi) is 25.8. The van der Waals surface area contributed by atoms with Crippen molar-refractivity contribution < 1.29 is 65.7 Å². The van der Waals surface area contributed by atoms with Gasteiger partial charge in [-0.25, -0.2) is 8.42 Å². The Labute approximate surface area is 427 Å². The fourth-order valence-electron chi connectivity index (χ4n) is 9.69. The maximum atomic E-state index is 14.4. The van der Waals surface area contributed by atoms with E-state index in [-0.39, 0.29) is 129 Å². The standard InChI is InChI=1S/C52H83N5O14S/c1-13-36(6)50(55(10)52(64)40(34(2)3)31-42(58)49(35(4)5)54(8)9)44(67-11)32-48(63)56-23-14-15-41(56)51(68-12)37(7)43(59)33-72(65,66)39-18-16-38(17-19-39)53-45(60)22-25-69-27-29-71-30-28-70-26-24-57-46(61)20-21-47(57)62/h16-21,34-37,40-41,44,49-51H,13-15,22-33H2,1-12H3,(H,53,60)/t36-,37-,40-,41-,44+,49-,50-,51?/m0/s1. The van der Waals surface area contributed by atoms with Crippen molar-refractivity contribution in [3.8, 4) is 0 Å². The number of nitrogens with one attached hydrogen (secondary N) is 1. The lowest BCUT2D eigenvalue weighted by Crippen LogP contribution is -2.54. The van der Waals surface area contributed by atoms with Gasteiger partial charge in [0.15, 0.2) is 21.4 Å². The summed E-state index contributed by atoms with van der Waals surface area (Å²) in [6.45, 7) is 15.5. The van der Waals surface area contributed by atoms with E-state index in [4.69, 9.17) is 23.7 Å². The van der Waals surface area contributed by atoms with Crippen LogP contribution in [0, 0.1) is 29.6 Å². The number of ether oxygens (including phenoxy) is 5. The Hall–Kier alpha value is -4.44. The molecule has 2 aliphatic rings. The van der Waals surface area contributed by atoms with Gasteiger partial charge in [0.05, 0.1) is 94.3 Å². The minimum Gasteiger partial charge on any atom is -0.379 e. The van der Waals surface area contributed by atoms with E-state index < -0.39 is 57.5 Å². The van der Waals surface area contributed by atoms with E-state index in [0.29, 0.717) is 31.5 Å². The van der Waals surface area contributed by atoms with E-state index in [1.165, 1.54) is 50.6 Å². The van der Waals surface area contributed by atoms with E-state index in [1.807, 2.05) is 60.5 Å². The number of likely N-dealkylation sites (tertiary alicyclic amines) is 1. The van der Waals surface area contributed by atoms with Gasteiger partial charge in [-0.1, -0.05) is 54.9 Å². The van der Waals surface area contributed by atoms with Crippen molar-refractivity contribution in [1.29, 1.82) is 0 Å². The number of amides is 5. The van der Waals surface area contributed by atoms with E-state index in [1.54, 1.807) is 23.8 Å². The molecule has 3 rings (SSSR count). The van der Waals surface area contributed by atoms with Gasteiger partial charge in [-0.15, -0.1) is 0 Å². The summed E-state index contributed by atoms with van der Waals surface area (Å²) in [5.41, 5.74) is 0.359. The first-order valence-corrected chi connectivity index (χ1v) is 26.9. The topological polar surface area (TPSA) is 225 Å². The smallest absolute Gasteiger partial charge is 0.253 e. The molecule has 1 aromatic carbocycles. The highest BCUT2D eigenvalue weighted by Gasteiger charge is 2.43. The number of hydrogen-bond donors (Lipinski definition) is 1. The molecule has 1 aromatic rings. The molecule has 0 bridgehead atoms. The van der Waals surface area contributed by atoms with Crippen molar-refractivity contribution in [3.05, 3.63) is 36.4 Å². The fraction of sp³-hybridized carbons (Fsp3) is 0.712. The molecule has 1 saturated heterocycles. The third-order valence-electron chi connectivity index (χ3n) is 13.8. The van der Waals surface area contributed by atoms with Crippen molar-refractivity contribution in [1.82, 2.24) is 19.6 Å². The van der Waals surface area contributed by atoms with Gasteiger partial charge in [-0.3, -0.25) is 43.4 Å². The van der Waals surface area contributed by atoms with Crippen molar-refractivity contribution in [2.45, 2.75) is 122 Å². The van der Waals surface area contributed by atoms with Crippen LogP contribution in [0.2, 0.25) is 0 Å². The van der Waals surface area contributed by atoms with Crippen LogP contribution in [-0.4, -0.2) is 193 Å². The first-order chi connectivity index (χ1) is 34.0. The molecule has 1 unspecified atom stereocenters. The molecular weight excluding hydrogens is 951 g/mol. The van der Waals surface area contributed by atoms with Gasteiger partial charge < -0.3 is 38.8 Å². The Morgan fingerprint density at radius 2 is 1.36 bits per heavy atom. The molecule has 0 radical (unpaired) electrons. The third kappa shape index (κ3) is 17.9. The first-order valence-electron chi connectivity index (χ1n) is 25.2. The van der Waals surface area contributed by atoms with Crippen LogP contribution < -0.4 is 5.32 Å². The summed E-state index contributed by atoms with van der Waals surface area (Å²) in [5.74, 6) is -4.43. The number of nitrogens with zero attached hydrogens (tertiary/aromatic N) is 4. The van der Waals surface area contributed by atoms with Gasteiger partial charge in [-0.2, -0.15) is 0 Å². The number of anilines is 1. The molecule has 2 heterocycles. The molecule has 8 atom stereocenters. The van der Waals surface area contributed by atoms with Crippen LogP contribution in [-0.2, 0) is 67.1 Å². The summed E-state index contributed by atoms with van der Waals surface area (Å²) >= 11 is 0. The minimum absolute atomic E-state index is 0.00883. The number of Topliss-reactive ketones (excluding diaryl/α,β-unsaturated/α-hetero) is 2. The SMILES string of the molecule is CC[C@H](C)[C@@H]([C@@H](CC(=O)N1CCC[C@H]1C(OC)[C@@H](C)C(=O)CS(=O)(=O)c1ccc(NC(=O)CCOCCOCCOCCN2C(=O)C=CC2=O)cc1)OC)N(C)C(=O)[C@@H](CC(=O)[C@H](C(C)C)N(C)C)C(C)C. The van der Waals surface area contributed by atoms with Crippen molar-refractivity contribution in [2.75, 3.05) is 99.2 Å². The molecule has 1 fully saturated rings. The van der Waals surface area contributed by atoms with Crippen LogP contribution >= 0.6 is 0 Å². The normalized spacial score (nSPS) is 18.1. The Morgan fingerprint density at radius 1 is 0.778 bits per heavy atom. The van der Waals surface area contributed by atoms with Gasteiger partial charge in [0.2, 0.25) is 17.7 Å². The molecule has 0 aromatic heterocycles. The van der Waals surface area contributed by atoms with Crippen molar-refractivity contribution >= 4 is 56.6 Å². The third-order valence-corrected chi connectivity index (χ3v) is 15.5. The van der Waals surface area contributed by atoms with Crippen LogP contribution in [0.15, 0.2) is 41.3 Å². The van der Waals surface area contributed by atoms with Gasteiger partial charge >= 0.3 is 0 Å². The van der Waals surface area contributed by atoms with Crippen molar-refractivity contribution in [2.24, 2.45) is 29.6 Å². The lowest BCUT2D eigenvalue weighted by Gasteiger charge is -2.41. The monoisotopic (exact) mass is 1030 g/mol. The molecule has 20 heteroatoms. The molecule has 5 amide bonds. The number of sulfone groups is 1. The minimum atomic E-state index is -4.11. The quantitative estimate of drug-likeness (QED) is 0.0759. The Morgan fingerprint density at radius 3 is 1.89 bits per heavy atom. The predicted octanol–water partition coefficient (Wildman–Crippen LogP) is 4.07. The number of carbonyl (C=O) groups is 7. The average Bonchev–Trinajstić information content (AvgIpc) is 3.94. The summed E-state index contributed by atoms with van der Waals surface area (Å²) in [6, 6.07) is 4.20. The maximum Gasteiger partial charge on any atom is 0.253 e. The van der Waals surface area contributed by atoms with Crippen LogP contribution in [0.25, 0.3) is 0 Å². The van der Waals surface area contributed by atoms with Gasteiger partial charge in [0.25, 0.3) is 11.8 Å². The molecule has 72 heavy (non-hydrogen) atoms. The van der Waals surface area contributed by atoms with Gasteiger partial charge in [-0.05, 0) is 69.0 Å². The molecular formula is C52H83N5O14S. The average molecular weight is 1030 g/mol. The summed E-state index contributed by atoms with van der Waals surface area (Å²) < 4.78 is 55.3. The largest absolute Gasteiger partial charge is 0.379 e. The number of rotatable bonds is 34. The van der Waals surface area contributed by atoms with Gasteiger partial charge in [0.1, 0.15) is 5.75 Å². The molecule has 19 nitrogen and oxygen atoms in total. The van der Waals surface area contributed by atoms with E-state index in [9.17, 15) is 42.0 Å². The molecule has 0 saturated carbocycles. The number of hydrogen-bond acceptors (Lipinski definition) is 15. The lowest BCUT2D eigenvalue weighted by molar-refractivity contribution is -0.149.